The molecule has 232 valence electrons. The standard InChI is InChI=1S/2C12H25.2C4H8O2S.Sn/c2*1-3-5-7-9-11-12-10-8-6-4-2;2*1-3(2-7)4(5)6;/h2*1,3-12H2,2H3;2*3,7H,2H2,1H3,(H,5,6);/q;;;;+2/p-2. The molecule has 0 aromatic carbocycles. The predicted molar refractivity (Wildman–Crippen MR) is 177 cm³/mol. The molecule has 0 radical (unpaired) electrons. The molecule has 0 aliphatic rings. The van der Waals surface area contributed by atoms with Crippen LogP contribution in [0.2, 0.25) is 8.87 Å². The normalized spacial score (nSPS) is 13.3. The third-order valence-corrected chi connectivity index (χ3v) is 18.5. The molecule has 4 nitrogen and oxygen atoms in total. The first-order chi connectivity index (χ1) is 18.9. The maximum absolute atomic E-state index is 12.9. The van der Waals surface area contributed by atoms with E-state index in [1.807, 2.05) is 13.8 Å². The van der Waals surface area contributed by atoms with E-state index in [2.05, 4.69) is 39.1 Å². The van der Waals surface area contributed by atoms with Gasteiger partial charge in [0, 0.05) is 0 Å². The van der Waals surface area contributed by atoms with E-state index < -0.39 is 19.2 Å². The monoisotopic (exact) mass is 696 g/mol. The molecule has 0 amide bonds. The van der Waals surface area contributed by atoms with Gasteiger partial charge >= 0.3 is 260 Å². The SMILES string of the molecule is CCCCCCCCCCC[CH2][Sn]([CH2]CCCCCCCCCCC)([O]C(=O)C(C)CS)[O]C(=O)C(C)CS. The van der Waals surface area contributed by atoms with Crippen LogP contribution in [0.3, 0.4) is 0 Å². The van der Waals surface area contributed by atoms with Crippen LogP contribution in [0.25, 0.3) is 0 Å². The molecular weight excluding hydrogens is 631 g/mol. The van der Waals surface area contributed by atoms with Crippen LogP contribution < -0.4 is 0 Å². The van der Waals surface area contributed by atoms with Crippen LogP contribution in [0.5, 0.6) is 0 Å². The van der Waals surface area contributed by atoms with Crippen LogP contribution >= 0.6 is 25.3 Å². The average molecular weight is 696 g/mol. The Balaban J connectivity index is 4.96. The van der Waals surface area contributed by atoms with Crippen molar-refractivity contribution in [3.05, 3.63) is 0 Å². The number of rotatable bonds is 28. The first kappa shape index (κ1) is 39.4. The Morgan fingerprint density at radius 2 is 0.769 bits per heavy atom. The summed E-state index contributed by atoms with van der Waals surface area (Å²) in [5.74, 6) is -0.148. The molecule has 0 saturated carbocycles. The Morgan fingerprint density at radius 3 is 1.03 bits per heavy atom. The summed E-state index contributed by atoms with van der Waals surface area (Å²) in [7, 11) is 0. The molecule has 0 aliphatic heterocycles. The van der Waals surface area contributed by atoms with Crippen molar-refractivity contribution in [1.29, 1.82) is 0 Å². The van der Waals surface area contributed by atoms with Gasteiger partial charge in [0.25, 0.3) is 0 Å². The second-order valence-electron chi connectivity index (χ2n) is 11.8. The Hall–Kier alpha value is 0.439. The molecule has 7 heteroatoms. The Kier molecular flexibility index (Phi) is 27.6. The first-order valence-corrected chi connectivity index (χ1v) is 24.2. The second-order valence-corrected chi connectivity index (χ2v) is 21.7. The van der Waals surface area contributed by atoms with Gasteiger partial charge in [0.05, 0.1) is 0 Å². The van der Waals surface area contributed by atoms with E-state index in [1.54, 1.807) is 0 Å². The van der Waals surface area contributed by atoms with Crippen molar-refractivity contribution >= 4 is 56.4 Å². The van der Waals surface area contributed by atoms with Gasteiger partial charge in [0.2, 0.25) is 0 Å². The molecule has 2 atom stereocenters. The van der Waals surface area contributed by atoms with E-state index in [0.29, 0.717) is 11.5 Å². The number of carbonyl (C=O) groups is 2. The average Bonchev–Trinajstić information content (AvgIpc) is 2.93. The molecule has 0 aliphatic carbocycles. The second kappa shape index (κ2) is 27.3. The topological polar surface area (TPSA) is 52.6 Å². The fourth-order valence-electron chi connectivity index (χ4n) is 4.83. The summed E-state index contributed by atoms with van der Waals surface area (Å²) in [4.78, 5) is 25.9. The fourth-order valence-corrected chi connectivity index (χ4v) is 14.9. The van der Waals surface area contributed by atoms with Gasteiger partial charge in [0.15, 0.2) is 0 Å². The number of carbonyl (C=O) groups excluding carboxylic acids is 2. The summed E-state index contributed by atoms with van der Waals surface area (Å²) in [5, 5.41) is 0. The molecule has 0 rings (SSSR count). The summed E-state index contributed by atoms with van der Waals surface area (Å²) in [6.07, 6.45) is 25.1. The van der Waals surface area contributed by atoms with Crippen molar-refractivity contribution in [2.24, 2.45) is 11.8 Å². The van der Waals surface area contributed by atoms with Crippen molar-refractivity contribution in [2.45, 2.75) is 165 Å². The van der Waals surface area contributed by atoms with Gasteiger partial charge in [-0.1, -0.05) is 0 Å². The minimum atomic E-state index is -3.97. The van der Waals surface area contributed by atoms with Crippen molar-refractivity contribution < 1.29 is 15.7 Å². The quantitative estimate of drug-likeness (QED) is 0.0486. The molecule has 0 aromatic rings. The van der Waals surface area contributed by atoms with Crippen LogP contribution in [0, 0.1) is 11.8 Å². The third kappa shape index (κ3) is 21.8. The predicted octanol–water partition coefficient (Wildman–Crippen LogP) is 10.5. The first-order valence-electron chi connectivity index (χ1n) is 16.5. The number of unbranched alkanes of at least 4 members (excludes halogenated alkanes) is 18. The van der Waals surface area contributed by atoms with Crippen LogP contribution in [0.4, 0.5) is 0 Å². The van der Waals surface area contributed by atoms with Crippen LogP contribution in [-0.2, 0) is 15.7 Å². The van der Waals surface area contributed by atoms with E-state index in [0.717, 1.165) is 34.6 Å². The van der Waals surface area contributed by atoms with Gasteiger partial charge < -0.3 is 0 Å². The minimum absolute atomic E-state index is 0.230. The molecule has 0 N–H and O–H groups in total. The van der Waals surface area contributed by atoms with Crippen molar-refractivity contribution in [3.63, 3.8) is 0 Å². The molecule has 0 spiro atoms. The van der Waals surface area contributed by atoms with Gasteiger partial charge in [-0.25, -0.2) is 0 Å². The number of hydrogen-bond donors (Lipinski definition) is 2. The summed E-state index contributed by atoms with van der Waals surface area (Å²) in [5.41, 5.74) is 0. The molecule has 39 heavy (non-hydrogen) atoms. The van der Waals surface area contributed by atoms with Crippen molar-refractivity contribution in [3.8, 4) is 0 Å². The van der Waals surface area contributed by atoms with Gasteiger partial charge in [-0.2, -0.15) is 0 Å². The van der Waals surface area contributed by atoms with E-state index in [-0.39, 0.29) is 23.8 Å². The van der Waals surface area contributed by atoms with Crippen LogP contribution in [0.15, 0.2) is 0 Å². The van der Waals surface area contributed by atoms with Gasteiger partial charge in [-0.05, 0) is 0 Å². The zero-order valence-electron chi connectivity index (χ0n) is 26.2. The Morgan fingerprint density at radius 1 is 0.513 bits per heavy atom. The Bertz CT molecular complexity index is 541. The molecule has 0 heterocycles. The van der Waals surface area contributed by atoms with Gasteiger partial charge in [-0.3, -0.25) is 0 Å². The molecule has 0 aromatic heterocycles. The zero-order valence-corrected chi connectivity index (χ0v) is 30.8. The van der Waals surface area contributed by atoms with Crippen LogP contribution in [-0.4, -0.2) is 42.6 Å². The van der Waals surface area contributed by atoms with Gasteiger partial charge in [0.1, 0.15) is 0 Å². The number of thiol groups is 2. The summed E-state index contributed by atoms with van der Waals surface area (Å²) < 4.78 is 14.1. The van der Waals surface area contributed by atoms with Crippen LogP contribution in [0.1, 0.15) is 156 Å². The van der Waals surface area contributed by atoms with Crippen molar-refractivity contribution in [1.82, 2.24) is 0 Å². The zero-order chi connectivity index (χ0) is 29.2. The van der Waals surface area contributed by atoms with Crippen molar-refractivity contribution in [2.75, 3.05) is 11.5 Å². The van der Waals surface area contributed by atoms with E-state index in [1.165, 1.54) is 103 Å². The summed E-state index contributed by atoms with van der Waals surface area (Å²) >= 11 is 4.66. The molecule has 0 bridgehead atoms. The van der Waals surface area contributed by atoms with E-state index in [9.17, 15) is 9.59 Å². The maximum atomic E-state index is 12.9. The molecule has 0 saturated heterocycles. The Labute approximate surface area is 259 Å². The number of hydrogen-bond acceptors (Lipinski definition) is 6. The summed E-state index contributed by atoms with van der Waals surface area (Å²) in [6, 6.07) is 0. The van der Waals surface area contributed by atoms with E-state index in [4.69, 9.17) is 6.15 Å². The summed E-state index contributed by atoms with van der Waals surface area (Å²) in [6.45, 7) is 8.22. The fraction of sp³-hybridized carbons (Fsp3) is 0.938. The van der Waals surface area contributed by atoms with Gasteiger partial charge in [-0.15, -0.1) is 0 Å². The molecule has 0 fully saturated rings. The molecule has 2 unspecified atom stereocenters. The van der Waals surface area contributed by atoms with E-state index >= 15 is 0 Å². The molecular formula is C32H64O4S2Sn. The third-order valence-electron chi connectivity index (χ3n) is 7.75.